The summed E-state index contributed by atoms with van der Waals surface area (Å²) >= 11 is 0. The van der Waals surface area contributed by atoms with Gasteiger partial charge in [-0.15, -0.1) is 0 Å². The first kappa shape index (κ1) is 10.2. The van der Waals surface area contributed by atoms with Gasteiger partial charge >= 0.3 is 0 Å². The number of carbonyl (C=O) groups excluding carboxylic acids is 1. The zero-order chi connectivity index (χ0) is 10.6. The van der Waals surface area contributed by atoms with E-state index < -0.39 is 6.04 Å². The zero-order valence-electron chi connectivity index (χ0n) is 7.62. The van der Waals surface area contributed by atoms with E-state index in [1.54, 1.807) is 0 Å². The second kappa shape index (κ2) is 4.38. The molecule has 1 amide bonds. The Labute approximate surface area is 81.2 Å². The molecule has 1 atom stereocenters. The highest BCUT2D eigenvalue weighted by Gasteiger charge is 2.10. The molecule has 1 rings (SSSR count). The predicted octanol–water partition coefficient (Wildman–Crippen LogP) is 1.53. The number of rotatable bonds is 2. The number of hydrogen-bond donors (Lipinski definition) is 1. The molecule has 1 aromatic carbocycles. The Balaban J connectivity index is 2.85. The smallest absolute Gasteiger partial charge is 0.218 e. The minimum absolute atomic E-state index is 0.291. The molecular weight excluding hydrogens is 183 g/mol. The van der Waals surface area contributed by atoms with E-state index in [0.717, 1.165) is 0 Å². The van der Waals surface area contributed by atoms with Gasteiger partial charge in [0.25, 0.3) is 0 Å². The molecule has 1 unspecified atom stereocenters. The van der Waals surface area contributed by atoms with Crippen LogP contribution in [-0.2, 0) is 4.79 Å². The maximum Gasteiger partial charge on any atom is 0.218 e. The first-order chi connectivity index (χ1) is 6.63. The summed E-state index contributed by atoms with van der Waals surface area (Å²) in [7, 11) is 0. The van der Waals surface area contributed by atoms with E-state index in [1.165, 1.54) is 31.2 Å². The molecule has 0 bridgehead atoms. The van der Waals surface area contributed by atoms with Crippen LogP contribution in [0.1, 0.15) is 18.5 Å². The van der Waals surface area contributed by atoms with Crippen LogP contribution in [-0.4, -0.2) is 5.91 Å². The lowest BCUT2D eigenvalue weighted by molar-refractivity contribution is -0.119. The molecule has 0 radical (unpaired) electrons. The molecule has 0 heterocycles. The van der Waals surface area contributed by atoms with Gasteiger partial charge in [0.1, 0.15) is 11.9 Å². The number of nitriles is 1. The molecule has 1 aromatic rings. The number of nitrogens with one attached hydrogen (secondary N) is 1. The molecule has 4 heteroatoms. The van der Waals surface area contributed by atoms with Crippen LogP contribution in [0, 0.1) is 17.1 Å². The van der Waals surface area contributed by atoms with Crippen molar-refractivity contribution in [2.45, 2.75) is 13.0 Å². The van der Waals surface area contributed by atoms with Gasteiger partial charge in [-0.25, -0.2) is 4.39 Å². The molecule has 0 aliphatic carbocycles. The molecule has 0 saturated heterocycles. The first-order valence-corrected chi connectivity index (χ1v) is 4.05. The second-order valence-corrected chi connectivity index (χ2v) is 2.81. The van der Waals surface area contributed by atoms with Crippen molar-refractivity contribution in [3.8, 4) is 6.07 Å². The van der Waals surface area contributed by atoms with Gasteiger partial charge < -0.3 is 5.32 Å². The quantitative estimate of drug-likeness (QED) is 0.772. The number of amides is 1. The Morgan fingerprint density at radius 1 is 1.50 bits per heavy atom. The third-order valence-electron chi connectivity index (χ3n) is 1.68. The molecule has 0 fully saturated rings. The van der Waals surface area contributed by atoms with Gasteiger partial charge in [0, 0.05) is 6.92 Å². The summed E-state index contributed by atoms with van der Waals surface area (Å²) < 4.78 is 12.5. The SMILES string of the molecule is CC(=O)NC(C#N)c1ccc(F)cc1. The predicted molar refractivity (Wildman–Crippen MR) is 48.6 cm³/mol. The lowest BCUT2D eigenvalue weighted by Crippen LogP contribution is -2.24. The average molecular weight is 192 g/mol. The summed E-state index contributed by atoms with van der Waals surface area (Å²) in [5, 5.41) is 11.2. The van der Waals surface area contributed by atoms with Gasteiger partial charge in [-0.3, -0.25) is 4.79 Å². The van der Waals surface area contributed by atoms with Crippen LogP contribution >= 0.6 is 0 Å². The van der Waals surface area contributed by atoms with Crippen molar-refractivity contribution in [3.05, 3.63) is 35.6 Å². The van der Waals surface area contributed by atoms with E-state index >= 15 is 0 Å². The Kier molecular flexibility index (Phi) is 3.19. The van der Waals surface area contributed by atoms with Crippen molar-refractivity contribution in [2.24, 2.45) is 0 Å². The monoisotopic (exact) mass is 192 g/mol. The van der Waals surface area contributed by atoms with E-state index in [-0.39, 0.29) is 11.7 Å². The van der Waals surface area contributed by atoms with Crippen LogP contribution in [0.25, 0.3) is 0 Å². The highest BCUT2D eigenvalue weighted by molar-refractivity contribution is 5.73. The van der Waals surface area contributed by atoms with Gasteiger partial charge in [-0.1, -0.05) is 12.1 Å². The Morgan fingerprint density at radius 2 is 2.07 bits per heavy atom. The average Bonchev–Trinajstić information content (AvgIpc) is 2.15. The molecule has 72 valence electrons. The van der Waals surface area contributed by atoms with Gasteiger partial charge in [-0.05, 0) is 17.7 Å². The summed E-state index contributed by atoms with van der Waals surface area (Å²) in [5.74, 6) is -0.658. The van der Waals surface area contributed by atoms with Crippen molar-refractivity contribution in [3.63, 3.8) is 0 Å². The molecule has 1 N–H and O–H groups in total. The van der Waals surface area contributed by atoms with Crippen LogP contribution in [0.5, 0.6) is 0 Å². The van der Waals surface area contributed by atoms with Crippen molar-refractivity contribution >= 4 is 5.91 Å². The number of nitrogens with zero attached hydrogens (tertiary/aromatic N) is 1. The topological polar surface area (TPSA) is 52.9 Å². The van der Waals surface area contributed by atoms with Gasteiger partial charge in [0.05, 0.1) is 6.07 Å². The van der Waals surface area contributed by atoms with Crippen molar-refractivity contribution < 1.29 is 9.18 Å². The van der Waals surface area contributed by atoms with Crippen LogP contribution < -0.4 is 5.32 Å². The van der Waals surface area contributed by atoms with E-state index in [0.29, 0.717) is 5.56 Å². The Hall–Kier alpha value is -1.89. The maximum absolute atomic E-state index is 12.5. The van der Waals surface area contributed by atoms with Gasteiger partial charge in [0.15, 0.2) is 0 Å². The normalized spacial score (nSPS) is 11.5. The molecule has 0 saturated carbocycles. The largest absolute Gasteiger partial charge is 0.337 e. The number of halogens is 1. The van der Waals surface area contributed by atoms with Crippen LogP contribution in [0.4, 0.5) is 4.39 Å². The second-order valence-electron chi connectivity index (χ2n) is 2.81. The van der Waals surface area contributed by atoms with Crippen LogP contribution in [0.2, 0.25) is 0 Å². The standard InChI is InChI=1S/C10H9FN2O/c1-7(14)13-10(6-12)8-2-4-9(11)5-3-8/h2-5,10H,1H3,(H,13,14). The fourth-order valence-electron chi connectivity index (χ4n) is 1.05. The van der Waals surface area contributed by atoms with Crippen LogP contribution in [0.3, 0.4) is 0 Å². The minimum Gasteiger partial charge on any atom is -0.337 e. The first-order valence-electron chi connectivity index (χ1n) is 4.05. The van der Waals surface area contributed by atoms with E-state index in [2.05, 4.69) is 5.32 Å². The summed E-state index contributed by atoms with van der Waals surface area (Å²) in [6.45, 7) is 1.33. The fraction of sp³-hybridized carbons (Fsp3) is 0.200. The fourth-order valence-corrected chi connectivity index (χ4v) is 1.05. The van der Waals surface area contributed by atoms with Gasteiger partial charge in [0.2, 0.25) is 5.91 Å². The van der Waals surface area contributed by atoms with Crippen molar-refractivity contribution in [1.29, 1.82) is 5.26 Å². The maximum atomic E-state index is 12.5. The zero-order valence-corrected chi connectivity index (χ0v) is 7.62. The molecule has 0 aliphatic rings. The van der Waals surface area contributed by atoms with Crippen molar-refractivity contribution in [1.82, 2.24) is 5.32 Å². The van der Waals surface area contributed by atoms with E-state index in [4.69, 9.17) is 5.26 Å². The number of benzene rings is 1. The molecule has 0 spiro atoms. The van der Waals surface area contributed by atoms with Crippen molar-refractivity contribution in [2.75, 3.05) is 0 Å². The highest BCUT2D eigenvalue weighted by atomic mass is 19.1. The molecule has 14 heavy (non-hydrogen) atoms. The third-order valence-corrected chi connectivity index (χ3v) is 1.68. The van der Waals surface area contributed by atoms with E-state index in [1.807, 2.05) is 6.07 Å². The third kappa shape index (κ3) is 2.56. The summed E-state index contributed by atoms with van der Waals surface area (Å²) in [5.41, 5.74) is 0.573. The van der Waals surface area contributed by atoms with Gasteiger partial charge in [-0.2, -0.15) is 5.26 Å². The summed E-state index contributed by atoms with van der Waals surface area (Å²) in [6, 6.07) is 6.65. The number of hydrogen-bond acceptors (Lipinski definition) is 2. The molecular formula is C10H9FN2O. The lowest BCUT2D eigenvalue weighted by Gasteiger charge is -2.09. The molecule has 0 aliphatic heterocycles. The molecule has 3 nitrogen and oxygen atoms in total. The van der Waals surface area contributed by atoms with Crippen LogP contribution in [0.15, 0.2) is 24.3 Å². The minimum atomic E-state index is -0.715. The highest BCUT2D eigenvalue weighted by Crippen LogP contribution is 2.12. The molecule has 0 aromatic heterocycles. The Morgan fingerprint density at radius 3 is 2.50 bits per heavy atom. The summed E-state index contributed by atoms with van der Waals surface area (Å²) in [6.07, 6.45) is 0. The van der Waals surface area contributed by atoms with E-state index in [9.17, 15) is 9.18 Å². The Bertz CT molecular complexity index is 367. The lowest BCUT2D eigenvalue weighted by atomic mass is 10.1. The number of carbonyl (C=O) groups is 1. The summed E-state index contributed by atoms with van der Waals surface area (Å²) in [4.78, 5) is 10.7.